The maximum Gasteiger partial charge on any atom is 0.338 e. The number of hydrogen-bond acceptors (Lipinski definition) is 9. The molecule has 9 nitrogen and oxygen atoms in total. The van der Waals surface area contributed by atoms with Crippen LogP contribution in [-0.2, 0) is 31.9 Å². The fourth-order valence-corrected chi connectivity index (χ4v) is 6.79. The summed E-state index contributed by atoms with van der Waals surface area (Å²) in [5.74, 6) is -2.41. The first-order valence-corrected chi connectivity index (χ1v) is 18.3. The maximum atomic E-state index is 13.1. The van der Waals surface area contributed by atoms with Gasteiger partial charge in [0.2, 0.25) is 0 Å². The van der Waals surface area contributed by atoms with Gasteiger partial charge in [0, 0.05) is 0 Å². The normalized spacial score (nSPS) is 20.1. The first-order chi connectivity index (χ1) is 24.6. The van der Waals surface area contributed by atoms with E-state index < -0.39 is 17.9 Å². The lowest BCUT2D eigenvalue weighted by Gasteiger charge is -2.27. The number of benzene rings is 3. The van der Waals surface area contributed by atoms with Crippen LogP contribution in [0.1, 0.15) is 127 Å². The highest BCUT2D eigenvalue weighted by molar-refractivity contribution is 5.98. The van der Waals surface area contributed by atoms with Gasteiger partial charge in [0.05, 0.1) is 28.5 Å². The van der Waals surface area contributed by atoms with Crippen molar-refractivity contribution in [3.05, 3.63) is 94.5 Å². The largest absolute Gasteiger partial charge is 0.459 e. The average Bonchev–Trinajstić information content (AvgIpc) is 3.13. The second kappa shape index (κ2) is 17.9. The van der Waals surface area contributed by atoms with Crippen molar-refractivity contribution in [1.29, 1.82) is 0 Å². The Labute approximate surface area is 300 Å². The summed E-state index contributed by atoms with van der Waals surface area (Å²) in [6, 6.07) is 19.4. The fourth-order valence-electron chi connectivity index (χ4n) is 6.79. The van der Waals surface area contributed by atoms with E-state index in [4.69, 9.17) is 18.9 Å². The monoisotopic (exact) mass is 696 g/mol. The maximum absolute atomic E-state index is 13.1. The predicted molar refractivity (Wildman–Crippen MR) is 191 cm³/mol. The second-order valence-electron chi connectivity index (χ2n) is 13.7. The first-order valence-electron chi connectivity index (χ1n) is 18.3. The summed E-state index contributed by atoms with van der Waals surface area (Å²) in [5.41, 5.74) is 3.52. The number of aryl methyl sites for hydroxylation is 2. The second-order valence-corrected chi connectivity index (χ2v) is 13.7. The molecule has 2 fully saturated rings. The van der Waals surface area contributed by atoms with Crippen LogP contribution in [0, 0.1) is 11.8 Å². The van der Waals surface area contributed by atoms with Gasteiger partial charge in [-0.15, -0.1) is 0 Å². The number of rotatable bonds is 13. The van der Waals surface area contributed by atoms with Gasteiger partial charge in [0.1, 0.15) is 23.7 Å². The van der Waals surface area contributed by atoms with E-state index in [0.717, 1.165) is 25.7 Å². The molecule has 2 aliphatic rings. The van der Waals surface area contributed by atoms with Gasteiger partial charge in [-0.3, -0.25) is 14.4 Å². The summed E-state index contributed by atoms with van der Waals surface area (Å²) in [6.45, 7) is 5.58. The van der Waals surface area contributed by atoms with Gasteiger partial charge < -0.3 is 18.9 Å². The summed E-state index contributed by atoms with van der Waals surface area (Å²) in [6.07, 6.45) is 7.60. The van der Waals surface area contributed by atoms with Crippen molar-refractivity contribution >= 4 is 29.7 Å². The Balaban J connectivity index is 1.07. The molecule has 270 valence electrons. The fraction of sp³-hybridized carbons (Fsp3) is 0.452. The molecule has 0 bridgehead atoms. The molecule has 0 atom stereocenters. The van der Waals surface area contributed by atoms with Crippen molar-refractivity contribution in [1.82, 2.24) is 0 Å². The van der Waals surface area contributed by atoms with Crippen molar-refractivity contribution < 1.29 is 42.9 Å². The third-order valence-electron chi connectivity index (χ3n) is 9.78. The van der Waals surface area contributed by atoms with Gasteiger partial charge in [-0.05, 0) is 125 Å². The number of carbonyl (C=O) groups is 5. The van der Waals surface area contributed by atoms with Crippen molar-refractivity contribution in [2.24, 2.45) is 11.8 Å². The summed E-state index contributed by atoms with van der Waals surface area (Å²) in [5, 5.41) is 0. The average molecular weight is 697 g/mol. The zero-order chi connectivity index (χ0) is 36.3. The van der Waals surface area contributed by atoms with Crippen LogP contribution >= 0.6 is 0 Å². The van der Waals surface area contributed by atoms with E-state index in [1.54, 1.807) is 24.3 Å². The van der Waals surface area contributed by atoms with Crippen molar-refractivity contribution in [3.8, 4) is 11.5 Å². The lowest BCUT2D eigenvalue weighted by Crippen LogP contribution is -2.30. The van der Waals surface area contributed by atoms with Crippen LogP contribution in [0.2, 0.25) is 0 Å². The summed E-state index contributed by atoms with van der Waals surface area (Å²) >= 11 is 0. The standard InChI is InChI=1S/C42H48O9/c1-4-6-28-8-12-30(13-9-28)39(44)48-34-20-16-32(17-21-34)41(46)50-36-24-25-38(37(26-36)27(3)43)51-42(47)33-18-22-35(23-19-33)49-40(45)31-14-10-29(7-5-2)11-15-31/h8-15,24-26,32-35H,4-7,16-23H2,1-3H3. The third-order valence-corrected chi connectivity index (χ3v) is 9.78. The Morgan fingerprint density at radius 3 is 1.41 bits per heavy atom. The van der Waals surface area contributed by atoms with Crippen molar-refractivity contribution in [2.75, 3.05) is 0 Å². The zero-order valence-corrected chi connectivity index (χ0v) is 29.8. The van der Waals surface area contributed by atoms with E-state index in [0.29, 0.717) is 62.5 Å². The van der Waals surface area contributed by atoms with Crippen LogP contribution < -0.4 is 9.47 Å². The Hall–Kier alpha value is -4.79. The van der Waals surface area contributed by atoms with E-state index in [9.17, 15) is 24.0 Å². The number of ketones is 1. The molecule has 0 aliphatic heterocycles. The molecule has 0 spiro atoms. The van der Waals surface area contributed by atoms with Gasteiger partial charge in [-0.1, -0.05) is 51.0 Å². The van der Waals surface area contributed by atoms with Crippen LogP contribution in [0.3, 0.4) is 0 Å². The third kappa shape index (κ3) is 10.4. The van der Waals surface area contributed by atoms with E-state index in [2.05, 4.69) is 13.8 Å². The van der Waals surface area contributed by atoms with Crippen LogP contribution in [0.4, 0.5) is 0 Å². The predicted octanol–water partition coefficient (Wildman–Crippen LogP) is 8.44. The molecule has 0 amide bonds. The highest BCUT2D eigenvalue weighted by Crippen LogP contribution is 2.33. The number of carbonyl (C=O) groups excluding carboxylic acids is 5. The summed E-state index contributed by atoms with van der Waals surface area (Å²) < 4.78 is 22.8. The number of ether oxygens (including phenoxy) is 4. The van der Waals surface area contributed by atoms with Crippen molar-refractivity contribution in [3.63, 3.8) is 0 Å². The first kappa shape index (κ1) is 37.5. The van der Waals surface area contributed by atoms with Gasteiger partial charge in [-0.25, -0.2) is 9.59 Å². The minimum Gasteiger partial charge on any atom is -0.459 e. The smallest absolute Gasteiger partial charge is 0.338 e. The molecule has 51 heavy (non-hydrogen) atoms. The molecule has 0 radical (unpaired) electrons. The highest BCUT2D eigenvalue weighted by Gasteiger charge is 2.32. The van der Waals surface area contributed by atoms with Crippen LogP contribution in [0.5, 0.6) is 11.5 Å². The highest BCUT2D eigenvalue weighted by atomic mass is 16.6. The van der Waals surface area contributed by atoms with Gasteiger partial charge in [0.15, 0.2) is 5.78 Å². The Morgan fingerprint density at radius 2 is 1.00 bits per heavy atom. The topological polar surface area (TPSA) is 122 Å². The summed E-state index contributed by atoms with van der Waals surface area (Å²) in [7, 11) is 0. The lowest BCUT2D eigenvalue weighted by atomic mass is 9.87. The Bertz CT molecular complexity index is 1680. The Kier molecular flexibility index (Phi) is 13.2. The van der Waals surface area contributed by atoms with Crippen molar-refractivity contribution in [2.45, 2.75) is 110 Å². The van der Waals surface area contributed by atoms with Gasteiger partial charge in [0.25, 0.3) is 0 Å². The molecule has 3 aromatic carbocycles. The molecule has 0 saturated heterocycles. The molecular weight excluding hydrogens is 648 g/mol. The number of esters is 4. The molecular formula is C42H48O9. The lowest BCUT2D eigenvalue weighted by molar-refractivity contribution is -0.141. The van der Waals surface area contributed by atoms with E-state index in [-0.39, 0.29) is 52.9 Å². The van der Waals surface area contributed by atoms with E-state index in [1.807, 2.05) is 24.3 Å². The van der Waals surface area contributed by atoms with Crippen LogP contribution in [-0.4, -0.2) is 41.9 Å². The SMILES string of the molecule is CCCc1ccc(C(=O)OC2CCC(C(=O)Oc3ccc(OC(=O)C4CCC(OC(=O)c5ccc(CCC)cc5)CC4)c(C(C)=O)c3)CC2)cc1. The molecule has 0 aromatic heterocycles. The molecule has 2 saturated carbocycles. The van der Waals surface area contributed by atoms with Crippen LogP contribution in [0.15, 0.2) is 66.7 Å². The minimum atomic E-state index is -0.454. The quantitative estimate of drug-likeness (QED) is 0.0984. The molecule has 2 aliphatic carbocycles. The molecule has 0 heterocycles. The summed E-state index contributed by atoms with van der Waals surface area (Å²) in [4.78, 5) is 63.9. The molecule has 0 unspecified atom stereocenters. The Morgan fingerprint density at radius 1 is 0.569 bits per heavy atom. The van der Waals surface area contributed by atoms with E-state index >= 15 is 0 Å². The zero-order valence-electron chi connectivity index (χ0n) is 29.8. The van der Waals surface area contributed by atoms with Crippen LogP contribution in [0.25, 0.3) is 0 Å². The molecule has 3 aromatic rings. The molecule has 5 rings (SSSR count). The minimum absolute atomic E-state index is 0.106. The van der Waals surface area contributed by atoms with Gasteiger partial charge in [-0.2, -0.15) is 0 Å². The molecule has 0 N–H and O–H groups in total. The van der Waals surface area contributed by atoms with Gasteiger partial charge >= 0.3 is 23.9 Å². The van der Waals surface area contributed by atoms with E-state index in [1.165, 1.54) is 36.2 Å². The molecule has 9 heteroatoms. The number of Topliss-reactive ketones (excluding diaryl/α,β-unsaturated/α-hetero) is 1. The number of hydrogen-bond donors (Lipinski definition) is 0.